The van der Waals surface area contributed by atoms with Crippen molar-refractivity contribution in [2.45, 2.75) is 19.9 Å². The molecule has 0 unspecified atom stereocenters. The van der Waals surface area contributed by atoms with Crippen molar-refractivity contribution in [3.8, 4) is 0 Å². The first kappa shape index (κ1) is 15.2. The molecule has 0 fully saturated rings. The lowest BCUT2D eigenvalue weighted by Gasteiger charge is -2.24. The van der Waals surface area contributed by atoms with Gasteiger partial charge in [-0.3, -0.25) is 0 Å². The summed E-state index contributed by atoms with van der Waals surface area (Å²) >= 11 is 0. The number of nitrogens with two attached hydrogens (primary N) is 1. The van der Waals surface area contributed by atoms with Crippen LogP contribution in [0.1, 0.15) is 17.7 Å². The maximum Gasteiger partial charge on any atom is 0.281 e. The molecule has 0 saturated heterocycles. The number of hydrogen-bond acceptors (Lipinski definition) is 4. The van der Waals surface area contributed by atoms with Gasteiger partial charge in [-0.1, -0.05) is 0 Å². The Morgan fingerprint density at radius 3 is 2.50 bits per heavy atom. The summed E-state index contributed by atoms with van der Waals surface area (Å²) in [5.41, 5.74) is 6.25. The Morgan fingerprint density at radius 2 is 2.00 bits per heavy atom. The Balaban J connectivity index is 2.70. The molecule has 0 radical (unpaired) electrons. The van der Waals surface area contributed by atoms with Crippen molar-refractivity contribution in [2.24, 2.45) is 5.73 Å². The first-order valence-corrected chi connectivity index (χ1v) is 7.20. The van der Waals surface area contributed by atoms with Crippen molar-refractivity contribution in [3.05, 3.63) is 23.7 Å². The molecule has 0 atom stereocenters. The minimum absolute atomic E-state index is 0.303. The summed E-state index contributed by atoms with van der Waals surface area (Å²) in [7, 11) is -0.319. The fourth-order valence-electron chi connectivity index (χ4n) is 1.56. The van der Waals surface area contributed by atoms with Crippen molar-refractivity contribution < 1.29 is 12.8 Å². The van der Waals surface area contributed by atoms with Crippen LogP contribution in [0.2, 0.25) is 0 Å². The topological polar surface area (TPSA) is 79.8 Å². The molecule has 2 N–H and O–H groups in total. The number of aryl methyl sites for hydroxylation is 1. The van der Waals surface area contributed by atoms with E-state index in [1.165, 1.54) is 8.61 Å². The smallest absolute Gasteiger partial charge is 0.281 e. The van der Waals surface area contributed by atoms with E-state index in [2.05, 4.69) is 0 Å². The Bertz CT molecular complexity index is 470. The third-order valence-electron chi connectivity index (χ3n) is 2.82. The quantitative estimate of drug-likeness (QED) is 0.788. The van der Waals surface area contributed by atoms with Crippen LogP contribution in [0.5, 0.6) is 0 Å². The van der Waals surface area contributed by atoms with Crippen LogP contribution >= 0.6 is 0 Å². The molecule has 0 bridgehead atoms. The van der Waals surface area contributed by atoms with Gasteiger partial charge in [0, 0.05) is 32.7 Å². The van der Waals surface area contributed by atoms with Crippen molar-refractivity contribution in [3.63, 3.8) is 0 Å². The highest BCUT2D eigenvalue weighted by Crippen LogP contribution is 2.14. The van der Waals surface area contributed by atoms with Gasteiger partial charge in [-0.25, -0.2) is 0 Å². The van der Waals surface area contributed by atoms with E-state index in [4.69, 9.17) is 10.2 Å². The van der Waals surface area contributed by atoms with E-state index in [-0.39, 0.29) is 0 Å². The minimum Gasteiger partial charge on any atom is -0.469 e. The Morgan fingerprint density at radius 1 is 1.33 bits per heavy atom. The molecule has 1 aromatic heterocycles. The SMILES string of the molecule is Cc1occc1CN(C)S(=O)(=O)N(C)CCCN. The molecule has 0 spiro atoms. The lowest BCUT2D eigenvalue weighted by Crippen LogP contribution is -2.40. The summed E-state index contributed by atoms with van der Waals surface area (Å²) in [6.45, 7) is 3.02. The largest absolute Gasteiger partial charge is 0.469 e. The van der Waals surface area contributed by atoms with Crippen molar-refractivity contribution in [1.29, 1.82) is 0 Å². The fraction of sp³-hybridized carbons (Fsp3) is 0.636. The van der Waals surface area contributed by atoms with Crippen LogP contribution in [0.3, 0.4) is 0 Å². The highest BCUT2D eigenvalue weighted by Gasteiger charge is 2.23. The predicted molar refractivity (Wildman–Crippen MR) is 70.1 cm³/mol. The summed E-state index contributed by atoms with van der Waals surface area (Å²) < 4.78 is 32.1. The molecule has 1 heterocycles. The molecule has 6 nitrogen and oxygen atoms in total. The molecule has 0 aromatic carbocycles. The third kappa shape index (κ3) is 3.55. The van der Waals surface area contributed by atoms with Crippen LogP contribution in [-0.4, -0.2) is 44.2 Å². The summed E-state index contributed by atoms with van der Waals surface area (Å²) in [4.78, 5) is 0. The normalized spacial score (nSPS) is 12.6. The predicted octanol–water partition coefficient (Wildman–Crippen LogP) is 0.545. The van der Waals surface area contributed by atoms with E-state index in [1.54, 1.807) is 26.4 Å². The minimum atomic E-state index is -3.43. The number of hydrogen-bond donors (Lipinski definition) is 1. The van der Waals surface area contributed by atoms with Crippen molar-refractivity contribution >= 4 is 10.2 Å². The van der Waals surface area contributed by atoms with Crippen LogP contribution < -0.4 is 5.73 Å². The zero-order valence-electron chi connectivity index (χ0n) is 11.1. The summed E-state index contributed by atoms with van der Waals surface area (Å²) in [5.74, 6) is 0.738. The molecule has 104 valence electrons. The summed E-state index contributed by atoms with van der Waals surface area (Å²) in [6.07, 6.45) is 2.21. The van der Waals surface area contributed by atoms with Gasteiger partial charge in [-0.05, 0) is 26.0 Å². The molecular weight excluding hydrogens is 254 g/mol. The van der Waals surface area contributed by atoms with Gasteiger partial charge in [0.05, 0.1) is 6.26 Å². The highest BCUT2D eigenvalue weighted by molar-refractivity contribution is 7.86. The van der Waals surface area contributed by atoms with E-state index in [0.29, 0.717) is 26.1 Å². The molecule has 1 rings (SSSR count). The average molecular weight is 275 g/mol. The Hall–Kier alpha value is -0.890. The van der Waals surface area contributed by atoms with E-state index in [1.807, 2.05) is 6.92 Å². The molecule has 0 aliphatic heterocycles. The third-order valence-corrected chi connectivity index (χ3v) is 4.71. The summed E-state index contributed by atoms with van der Waals surface area (Å²) in [5, 5.41) is 0. The van der Waals surface area contributed by atoms with Gasteiger partial charge in [-0.2, -0.15) is 17.0 Å². The molecular formula is C11H21N3O3S. The van der Waals surface area contributed by atoms with E-state index < -0.39 is 10.2 Å². The first-order chi connectivity index (χ1) is 8.39. The van der Waals surface area contributed by atoms with Gasteiger partial charge in [0.15, 0.2) is 0 Å². The second-order valence-corrected chi connectivity index (χ2v) is 6.37. The van der Waals surface area contributed by atoms with E-state index >= 15 is 0 Å². The zero-order chi connectivity index (χ0) is 13.8. The Kier molecular flexibility index (Phi) is 5.33. The van der Waals surface area contributed by atoms with Crippen molar-refractivity contribution in [2.75, 3.05) is 27.2 Å². The number of furan rings is 1. The summed E-state index contributed by atoms with van der Waals surface area (Å²) in [6, 6.07) is 1.78. The first-order valence-electron chi connectivity index (χ1n) is 5.80. The maximum absolute atomic E-state index is 12.2. The van der Waals surface area contributed by atoms with Gasteiger partial charge in [-0.15, -0.1) is 0 Å². The maximum atomic E-state index is 12.2. The van der Waals surface area contributed by atoms with Gasteiger partial charge in [0.25, 0.3) is 10.2 Å². The lowest BCUT2D eigenvalue weighted by molar-refractivity contribution is 0.385. The second-order valence-electron chi connectivity index (χ2n) is 4.23. The van der Waals surface area contributed by atoms with Crippen LogP contribution in [0.15, 0.2) is 16.7 Å². The van der Waals surface area contributed by atoms with Gasteiger partial charge in [0.2, 0.25) is 0 Å². The number of nitrogens with zero attached hydrogens (tertiary/aromatic N) is 2. The molecule has 0 amide bonds. The standard InChI is InChI=1S/C11H21N3O3S/c1-10-11(5-8-17-10)9-14(3)18(15,16)13(2)7-4-6-12/h5,8H,4,6-7,9,12H2,1-3H3. The van der Waals surface area contributed by atoms with E-state index in [9.17, 15) is 8.42 Å². The lowest BCUT2D eigenvalue weighted by atomic mass is 10.3. The molecule has 7 heteroatoms. The monoisotopic (exact) mass is 275 g/mol. The van der Waals surface area contributed by atoms with Crippen LogP contribution in [0.4, 0.5) is 0 Å². The molecule has 1 aromatic rings. The fourth-order valence-corrected chi connectivity index (χ4v) is 2.70. The Labute approximate surface area is 109 Å². The zero-order valence-corrected chi connectivity index (χ0v) is 11.9. The van der Waals surface area contributed by atoms with Gasteiger partial charge >= 0.3 is 0 Å². The van der Waals surface area contributed by atoms with Crippen LogP contribution in [0.25, 0.3) is 0 Å². The van der Waals surface area contributed by atoms with Crippen LogP contribution in [-0.2, 0) is 16.8 Å². The molecule has 0 aliphatic rings. The van der Waals surface area contributed by atoms with Crippen LogP contribution in [0, 0.1) is 6.92 Å². The average Bonchev–Trinajstić information content (AvgIpc) is 2.71. The number of rotatable bonds is 7. The molecule has 18 heavy (non-hydrogen) atoms. The molecule has 0 saturated carbocycles. The second kappa shape index (κ2) is 6.33. The highest BCUT2D eigenvalue weighted by atomic mass is 32.2. The molecule has 0 aliphatic carbocycles. The van der Waals surface area contributed by atoms with Gasteiger partial charge in [0.1, 0.15) is 5.76 Å². The van der Waals surface area contributed by atoms with E-state index in [0.717, 1.165) is 11.3 Å². The van der Waals surface area contributed by atoms with Gasteiger partial charge < -0.3 is 10.2 Å². The van der Waals surface area contributed by atoms with Crippen molar-refractivity contribution in [1.82, 2.24) is 8.61 Å².